The third-order valence-corrected chi connectivity index (χ3v) is 4.55. The molecule has 0 spiro atoms. The first kappa shape index (κ1) is 14.6. The Bertz CT molecular complexity index is 597. The highest BCUT2D eigenvalue weighted by molar-refractivity contribution is 9.10. The minimum Gasteiger partial charge on any atom is -0.481 e. The maximum absolute atomic E-state index is 10.9. The number of halogens is 2. The van der Waals surface area contributed by atoms with Crippen LogP contribution in [-0.2, 0) is 11.2 Å². The Hall–Kier alpha value is -0.780. The molecule has 0 radical (unpaired) electrons. The summed E-state index contributed by atoms with van der Waals surface area (Å²) in [5, 5.41) is 8.95. The van der Waals surface area contributed by atoms with Crippen molar-refractivity contribution in [2.75, 3.05) is 0 Å². The number of carboxylic acids is 1. The second-order valence-corrected chi connectivity index (χ2v) is 6.83. The molecular formula is C14H10Br2O2S. The number of aliphatic carboxylic acids is 1. The minimum absolute atomic E-state index is 0.0261. The summed E-state index contributed by atoms with van der Waals surface area (Å²) in [4.78, 5) is 12.9. The molecule has 2 aromatic carbocycles. The summed E-state index contributed by atoms with van der Waals surface area (Å²) >= 11 is 8.34. The van der Waals surface area contributed by atoms with E-state index in [4.69, 9.17) is 5.11 Å². The van der Waals surface area contributed by atoms with Crippen LogP contribution in [0.1, 0.15) is 5.56 Å². The first-order valence-corrected chi connectivity index (χ1v) is 7.88. The van der Waals surface area contributed by atoms with E-state index >= 15 is 0 Å². The lowest BCUT2D eigenvalue weighted by atomic mass is 10.1. The lowest BCUT2D eigenvalue weighted by Gasteiger charge is -2.08. The third-order valence-electron chi connectivity index (χ3n) is 2.41. The topological polar surface area (TPSA) is 37.3 Å². The van der Waals surface area contributed by atoms with Crippen LogP contribution in [0.4, 0.5) is 0 Å². The normalized spacial score (nSPS) is 10.4. The SMILES string of the molecule is O=C(O)Cc1cc(Br)ccc1Sc1ccc(Br)cc1. The van der Waals surface area contributed by atoms with Crippen LogP contribution in [0.5, 0.6) is 0 Å². The van der Waals surface area contributed by atoms with Crippen molar-refractivity contribution in [2.45, 2.75) is 16.2 Å². The minimum atomic E-state index is -0.823. The number of carboxylic acid groups (broad SMARTS) is 1. The molecule has 0 saturated heterocycles. The first-order chi connectivity index (χ1) is 9.04. The molecule has 2 rings (SSSR count). The molecule has 2 aromatic rings. The Balaban J connectivity index is 2.28. The Labute approximate surface area is 132 Å². The molecule has 5 heteroatoms. The average Bonchev–Trinajstić information content (AvgIpc) is 2.34. The lowest BCUT2D eigenvalue weighted by molar-refractivity contribution is -0.136. The fourth-order valence-corrected chi connectivity index (χ4v) is 3.18. The number of hydrogen-bond donors (Lipinski definition) is 1. The van der Waals surface area contributed by atoms with Gasteiger partial charge in [-0.05, 0) is 48.0 Å². The molecule has 2 nitrogen and oxygen atoms in total. The van der Waals surface area contributed by atoms with E-state index in [1.807, 2.05) is 42.5 Å². The Kier molecular flexibility index (Phi) is 5.07. The van der Waals surface area contributed by atoms with Gasteiger partial charge in [0.25, 0.3) is 0 Å². The van der Waals surface area contributed by atoms with Gasteiger partial charge in [-0.25, -0.2) is 0 Å². The second kappa shape index (κ2) is 6.59. The molecule has 0 unspecified atom stereocenters. The van der Waals surface area contributed by atoms with Gasteiger partial charge in [-0.15, -0.1) is 0 Å². The monoisotopic (exact) mass is 400 g/mol. The highest BCUT2D eigenvalue weighted by Gasteiger charge is 2.09. The molecule has 1 N–H and O–H groups in total. The van der Waals surface area contributed by atoms with Gasteiger partial charge in [-0.2, -0.15) is 0 Å². The summed E-state index contributed by atoms with van der Waals surface area (Å²) in [6.45, 7) is 0. The van der Waals surface area contributed by atoms with Gasteiger partial charge < -0.3 is 5.11 Å². The Morgan fingerprint density at radius 2 is 1.68 bits per heavy atom. The fraction of sp³-hybridized carbons (Fsp3) is 0.0714. The summed E-state index contributed by atoms with van der Waals surface area (Å²) in [7, 11) is 0. The summed E-state index contributed by atoms with van der Waals surface area (Å²) in [5.41, 5.74) is 0.815. The van der Waals surface area contributed by atoms with Crippen molar-refractivity contribution in [3.63, 3.8) is 0 Å². The highest BCUT2D eigenvalue weighted by atomic mass is 79.9. The molecule has 0 heterocycles. The molecule has 0 fully saturated rings. The van der Waals surface area contributed by atoms with Crippen LogP contribution in [0.2, 0.25) is 0 Å². The van der Waals surface area contributed by atoms with Gasteiger partial charge in [0.2, 0.25) is 0 Å². The van der Waals surface area contributed by atoms with E-state index in [0.717, 1.165) is 24.3 Å². The largest absolute Gasteiger partial charge is 0.481 e. The molecule has 0 aliphatic rings. The highest BCUT2D eigenvalue weighted by Crippen LogP contribution is 2.33. The second-order valence-electron chi connectivity index (χ2n) is 3.88. The van der Waals surface area contributed by atoms with Crippen LogP contribution in [0.25, 0.3) is 0 Å². The van der Waals surface area contributed by atoms with E-state index in [-0.39, 0.29) is 6.42 Å². The van der Waals surface area contributed by atoms with Crippen LogP contribution >= 0.6 is 43.6 Å². The molecule has 0 bridgehead atoms. The molecule has 0 atom stereocenters. The zero-order valence-corrected chi connectivity index (χ0v) is 13.8. The van der Waals surface area contributed by atoms with Crippen molar-refractivity contribution in [1.29, 1.82) is 0 Å². The van der Waals surface area contributed by atoms with Gasteiger partial charge in [0.05, 0.1) is 6.42 Å². The quantitative estimate of drug-likeness (QED) is 0.783. The van der Waals surface area contributed by atoms with E-state index in [2.05, 4.69) is 31.9 Å². The van der Waals surface area contributed by atoms with E-state index in [1.54, 1.807) is 11.8 Å². The maximum atomic E-state index is 10.9. The van der Waals surface area contributed by atoms with Gasteiger partial charge in [0.15, 0.2) is 0 Å². The van der Waals surface area contributed by atoms with Crippen molar-refractivity contribution in [3.05, 3.63) is 57.0 Å². The zero-order valence-electron chi connectivity index (χ0n) is 9.77. The van der Waals surface area contributed by atoms with Gasteiger partial charge in [0.1, 0.15) is 0 Å². The predicted molar refractivity (Wildman–Crippen MR) is 83.7 cm³/mol. The number of benzene rings is 2. The van der Waals surface area contributed by atoms with Crippen molar-refractivity contribution >= 4 is 49.6 Å². The maximum Gasteiger partial charge on any atom is 0.307 e. The molecule has 0 aromatic heterocycles. The van der Waals surface area contributed by atoms with Crippen LogP contribution in [0, 0.1) is 0 Å². The Morgan fingerprint density at radius 3 is 2.32 bits per heavy atom. The molecule has 0 aliphatic heterocycles. The van der Waals surface area contributed by atoms with Crippen molar-refractivity contribution in [1.82, 2.24) is 0 Å². The zero-order chi connectivity index (χ0) is 13.8. The summed E-state index contributed by atoms with van der Waals surface area (Å²) in [6.07, 6.45) is 0.0261. The predicted octanol–water partition coefficient (Wildman–Crippen LogP) is 4.99. The smallest absolute Gasteiger partial charge is 0.307 e. The van der Waals surface area contributed by atoms with Gasteiger partial charge in [-0.3, -0.25) is 4.79 Å². The standard InChI is InChI=1S/C14H10Br2O2S/c15-10-1-4-12(5-2-10)19-13-6-3-11(16)7-9(13)8-14(17)18/h1-7H,8H2,(H,17,18). The molecule has 0 amide bonds. The van der Waals surface area contributed by atoms with Gasteiger partial charge in [-0.1, -0.05) is 43.6 Å². The Morgan fingerprint density at radius 1 is 1.05 bits per heavy atom. The van der Waals surface area contributed by atoms with E-state index < -0.39 is 5.97 Å². The number of carbonyl (C=O) groups is 1. The molecule has 19 heavy (non-hydrogen) atoms. The summed E-state index contributed by atoms with van der Waals surface area (Å²) < 4.78 is 1.92. The van der Waals surface area contributed by atoms with E-state index in [1.165, 1.54) is 0 Å². The van der Waals surface area contributed by atoms with Crippen LogP contribution in [0.3, 0.4) is 0 Å². The summed E-state index contributed by atoms with van der Waals surface area (Å²) in [6, 6.07) is 13.7. The van der Waals surface area contributed by atoms with E-state index in [0.29, 0.717) is 0 Å². The number of hydrogen-bond acceptors (Lipinski definition) is 2. The fourth-order valence-electron chi connectivity index (χ4n) is 1.58. The number of rotatable bonds is 4. The molecule has 98 valence electrons. The van der Waals surface area contributed by atoms with Crippen molar-refractivity contribution < 1.29 is 9.90 Å². The van der Waals surface area contributed by atoms with Crippen molar-refractivity contribution in [3.8, 4) is 0 Å². The first-order valence-electron chi connectivity index (χ1n) is 5.48. The molecular weight excluding hydrogens is 392 g/mol. The molecule has 0 saturated carbocycles. The van der Waals surface area contributed by atoms with Crippen LogP contribution < -0.4 is 0 Å². The van der Waals surface area contributed by atoms with E-state index in [9.17, 15) is 4.79 Å². The van der Waals surface area contributed by atoms with Gasteiger partial charge in [0, 0.05) is 18.7 Å². The van der Waals surface area contributed by atoms with Crippen molar-refractivity contribution in [2.24, 2.45) is 0 Å². The van der Waals surface area contributed by atoms with Gasteiger partial charge >= 0.3 is 5.97 Å². The summed E-state index contributed by atoms with van der Waals surface area (Å²) in [5.74, 6) is -0.823. The third kappa shape index (κ3) is 4.37. The van der Waals surface area contributed by atoms with Crippen LogP contribution in [0.15, 0.2) is 61.2 Å². The lowest BCUT2D eigenvalue weighted by Crippen LogP contribution is -2.01. The average molecular weight is 402 g/mol. The molecule has 0 aliphatic carbocycles. The van der Waals surface area contributed by atoms with Crippen LogP contribution in [-0.4, -0.2) is 11.1 Å².